The Morgan fingerprint density at radius 3 is 2.37 bits per heavy atom. The summed E-state index contributed by atoms with van der Waals surface area (Å²) in [7, 11) is -3.51. The fraction of sp³-hybridized carbons (Fsp3) is 0.500. The van der Waals surface area contributed by atoms with Gasteiger partial charge in [-0.15, -0.1) is 0 Å². The Labute approximate surface area is 116 Å². The third-order valence-corrected chi connectivity index (χ3v) is 6.50. The molecule has 0 amide bonds. The van der Waals surface area contributed by atoms with Gasteiger partial charge in [-0.25, -0.2) is 8.42 Å². The maximum atomic E-state index is 12.2. The van der Waals surface area contributed by atoms with Gasteiger partial charge in [0, 0.05) is 11.0 Å². The minimum absolute atomic E-state index is 0.198. The van der Waals surface area contributed by atoms with Crippen LogP contribution in [-0.4, -0.2) is 58.8 Å². The fourth-order valence-electron chi connectivity index (χ4n) is 1.95. The van der Waals surface area contributed by atoms with E-state index < -0.39 is 33.4 Å². The van der Waals surface area contributed by atoms with Crippen molar-refractivity contribution in [3.63, 3.8) is 0 Å². The number of benzene rings is 1. The summed E-state index contributed by atoms with van der Waals surface area (Å²) >= 11 is 1.17. The SMILES string of the molecule is O=S(=O)(C[C@@H]1SC[C@@H](O)[C@H](O)[C@H]1O)c1ccccc1. The molecule has 1 fully saturated rings. The number of hydrogen-bond acceptors (Lipinski definition) is 6. The number of thioether (sulfide) groups is 1. The van der Waals surface area contributed by atoms with Crippen molar-refractivity contribution in [2.24, 2.45) is 0 Å². The van der Waals surface area contributed by atoms with E-state index >= 15 is 0 Å². The molecular formula is C12H16O5S2. The molecule has 1 aliphatic rings. The van der Waals surface area contributed by atoms with Crippen molar-refractivity contribution in [2.75, 3.05) is 11.5 Å². The van der Waals surface area contributed by atoms with Gasteiger partial charge in [0.25, 0.3) is 0 Å². The predicted octanol–water partition coefficient (Wildman–Crippen LogP) is -0.342. The molecule has 0 aliphatic carbocycles. The lowest BCUT2D eigenvalue weighted by molar-refractivity contribution is -0.0531. The van der Waals surface area contributed by atoms with Crippen LogP contribution in [0.15, 0.2) is 35.2 Å². The Balaban J connectivity index is 2.13. The molecule has 106 valence electrons. The fourth-order valence-corrected chi connectivity index (χ4v) is 5.27. The second-order valence-corrected chi connectivity index (χ2v) is 7.82. The summed E-state index contributed by atoms with van der Waals surface area (Å²) in [6.07, 6.45) is -3.56. The van der Waals surface area contributed by atoms with Gasteiger partial charge >= 0.3 is 0 Å². The van der Waals surface area contributed by atoms with Gasteiger partial charge in [0.05, 0.1) is 22.9 Å². The average Bonchev–Trinajstić information content (AvgIpc) is 2.40. The van der Waals surface area contributed by atoms with Crippen molar-refractivity contribution in [1.82, 2.24) is 0 Å². The maximum absolute atomic E-state index is 12.2. The molecule has 0 radical (unpaired) electrons. The van der Waals surface area contributed by atoms with Gasteiger partial charge in [0.15, 0.2) is 9.84 Å². The van der Waals surface area contributed by atoms with Crippen molar-refractivity contribution in [1.29, 1.82) is 0 Å². The van der Waals surface area contributed by atoms with Gasteiger partial charge in [-0.2, -0.15) is 11.8 Å². The van der Waals surface area contributed by atoms with Gasteiger partial charge in [0.1, 0.15) is 6.10 Å². The van der Waals surface area contributed by atoms with Crippen LogP contribution in [0, 0.1) is 0 Å². The molecule has 0 saturated carbocycles. The van der Waals surface area contributed by atoms with Crippen LogP contribution in [0.5, 0.6) is 0 Å². The van der Waals surface area contributed by atoms with Gasteiger partial charge in [-0.3, -0.25) is 0 Å². The van der Waals surface area contributed by atoms with Crippen molar-refractivity contribution in [3.05, 3.63) is 30.3 Å². The van der Waals surface area contributed by atoms with E-state index in [2.05, 4.69) is 0 Å². The van der Waals surface area contributed by atoms with E-state index in [4.69, 9.17) is 0 Å². The van der Waals surface area contributed by atoms with E-state index in [1.54, 1.807) is 18.2 Å². The molecule has 1 saturated heterocycles. The Hall–Kier alpha value is -0.600. The van der Waals surface area contributed by atoms with E-state index in [0.29, 0.717) is 0 Å². The molecule has 5 nitrogen and oxygen atoms in total. The number of hydrogen-bond donors (Lipinski definition) is 3. The normalized spacial score (nSPS) is 32.2. The maximum Gasteiger partial charge on any atom is 0.179 e. The first-order chi connectivity index (χ1) is 8.92. The van der Waals surface area contributed by atoms with Crippen molar-refractivity contribution in [2.45, 2.75) is 28.5 Å². The Morgan fingerprint density at radius 2 is 1.74 bits per heavy atom. The van der Waals surface area contributed by atoms with Crippen molar-refractivity contribution >= 4 is 21.6 Å². The highest BCUT2D eigenvalue weighted by Crippen LogP contribution is 2.29. The van der Waals surface area contributed by atoms with Crippen LogP contribution in [0.2, 0.25) is 0 Å². The van der Waals surface area contributed by atoms with E-state index in [1.165, 1.54) is 23.9 Å². The lowest BCUT2D eigenvalue weighted by Crippen LogP contribution is -2.50. The molecule has 1 aliphatic heterocycles. The second kappa shape index (κ2) is 5.80. The van der Waals surface area contributed by atoms with E-state index in [0.717, 1.165) is 0 Å². The molecule has 1 aromatic carbocycles. The zero-order valence-electron chi connectivity index (χ0n) is 10.1. The minimum atomic E-state index is -3.51. The minimum Gasteiger partial charge on any atom is -0.389 e. The molecule has 0 unspecified atom stereocenters. The first kappa shape index (κ1) is 14.8. The molecule has 1 heterocycles. The second-order valence-electron chi connectivity index (χ2n) is 4.51. The zero-order chi connectivity index (χ0) is 14.0. The summed E-state index contributed by atoms with van der Waals surface area (Å²) in [5.41, 5.74) is 0. The van der Waals surface area contributed by atoms with Gasteiger partial charge in [-0.05, 0) is 12.1 Å². The van der Waals surface area contributed by atoms with Crippen LogP contribution in [0.3, 0.4) is 0 Å². The summed E-state index contributed by atoms with van der Waals surface area (Å²) in [5.74, 6) is -0.0418. The Kier molecular flexibility index (Phi) is 4.52. The topological polar surface area (TPSA) is 94.8 Å². The molecule has 0 bridgehead atoms. The number of rotatable bonds is 3. The molecule has 0 spiro atoms. The Bertz CT molecular complexity index is 516. The molecule has 7 heteroatoms. The van der Waals surface area contributed by atoms with Crippen LogP contribution in [0.25, 0.3) is 0 Å². The molecule has 3 N–H and O–H groups in total. The Morgan fingerprint density at radius 1 is 1.11 bits per heavy atom. The summed E-state index contributed by atoms with van der Waals surface area (Å²) < 4.78 is 24.3. The summed E-state index contributed by atoms with van der Waals surface area (Å²) in [6, 6.07) is 8.00. The van der Waals surface area contributed by atoms with Crippen LogP contribution < -0.4 is 0 Å². The number of aliphatic hydroxyl groups is 3. The summed E-state index contributed by atoms with van der Waals surface area (Å²) in [4.78, 5) is 0.198. The largest absolute Gasteiger partial charge is 0.389 e. The zero-order valence-corrected chi connectivity index (χ0v) is 11.7. The highest BCUT2D eigenvalue weighted by atomic mass is 32.2. The van der Waals surface area contributed by atoms with E-state index in [9.17, 15) is 23.7 Å². The molecule has 1 aromatic rings. The summed E-state index contributed by atoms with van der Waals surface area (Å²) in [5, 5.41) is 28.2. The number of sulfone groups is 1. The summed E-state index contributed by atoms with van der Waals surface area (Å²) in [6.45, 7) is 0. The predicted molar refractivity (Wildman–Crippen MR) is 72.8 cm³/mol. The third kappa shape index (κ3) is 3.29. The van der Waals surface area contributed by atoms with Crippen molar-refractivity contribution < 1.29 is 23.7 Å². The van der Waals surface area contributed by atoms with Gasteiger partial charge < -0.3 is 15.3 Å². The average molecular weight is 304 g/mol. The van der Waals surface area contributed by atoms with E-state index in [1.807, 2.05) is 0 Å². The first-order valence-electron chi connectivity index (χ1n) is 5.85. The lowest BCUT2D eigenvalue weighted by Gasteiger charge is -2.34. The third-order valence-electron chi connectivity index (χ3n) is 3.09. The lowest BCUT2D eigenvalue weighted by atomic mass is 10.1. The van der Waals surface area contributed by atoms with Crippen LogP contribution in [0.1, 0.15) is 0 Å². The monoisotopic (exact) mass is 304 g/mol. The van der Waals surface area contributed by atoms with Crippen LogP contribution in [-0.2, 0) is 9.84 Å². The standard InChI is InChI=1S/C12H16O5S2/c13-9-6-18-10(12(15)11(9)14)7-19(16,17)8-4-2-1-3-5-8/h1-5,9-15H,6-7H2/t9-,10+,11+,12+/m1/s1. The van der Waals surface area contributed by atoms with Crippen molar-refractivity contribution in [3.8, 4) is 0 Å². The molecule has 0 aromatic heterocycles. The van der Waals surface area contributed by atoms with Gasteiger partial charge in [0.2, 0.25) is 0 Å². The van der Waals surface area contributed by atoms with E-state index in [-0.39, 0.29) is 16.4 Å². The molecule has 2 rings (SSSR count). The first-order valence-corrected chi connectivity index (χ1v) is 8.55. The molecular weight excluding hydrogens is 288 g/mol. The van der Waals surface area contributed by atoms with Crippen LogP contribution >= 0.6 is 11.8 Å². The van der Waals surface area contributed by atoms with Crippen LogP contribution in [0.4, 0.5) is 0 Å². The number of aliphatic hydroxyl groups excluding tert-OH is 3. The molecule has 4 atom stereocenters. The van der Waals surface area contributed by atoms with Gasteiger partial charge in [-0.1, -0.05) is 18.2 Å². The molecule has 19 heavy (non-hydrogen) atoms. The highest BCUT2D eigenvalue weighted by Gasteiger charge is 2.39. The smallest absolute Gasteiger partial charge is 0.179 e. The highest BCUT2D eigenvalue weighted by molar-refractivity contribution is 8.01. The quantitative estimate of drug-likeness (QED) is 0.707.